The molecule has 1 saturated heterocycles. The molecular weight excluding hydrogens is 224 g/mol. The highest BCUT2D eigenvalue weighted by Crippen LogP contribution is 2.12. The van der Waals surface area contributed by atoms with Crippen molar-refractivity contribution in [1.29, 1.82) is 0 Å². The predicted molar refractivity (Wildman–Crippen MR) is 76.7 cm³/mol. The van der Waals surface area contributed by atoms with Crippen LogP contribution >= 0.6 is 0 Å². The molecule has 0 aromatic carbocycles. The second-order valence-electron chi connectivity index (χ2n) is 5.44. The first-order valence-corrected chi connectivity index (χ1v) is 7.79. The van der Waals surface area contributed by atoms with Gasteiger partial charge in [-0.1, -0.05) is 33.1 Å². The van der Waals surface area contributed by atoms with E-state index in [4.69, 9.17) is 0 Å². The van der Waals surface area contributed by atoms with Crippen LogP contribution in [0.5, 0.6) is 0 Å². The molecule has 3 heteroatoms. The summed E-state index contributed by atoms with van der Waals surface area (Å²) in [5, 5.41) is 3.47. The summed E-state index contributed by atoms with van der Waals surface area (Å²) < 4.78 is 0. The number of nitrogens with zero attached hydrogens (tertiary/aromatic N) is 1. The molecule has 1 N–H and O–H groups in total. The molecule has 0 aromatic heterocycles. The quantitative estimate of drug-likeness (QED) is 0.722. The normalized spacial score (nSPS) is 19.8. The summed E-state index contributed by atoms with van der Waals surface area (Å²) in [5.74, 6) is 0.358. The molecule has 1 rings (SSSR count). The zero-order chi connectivity index (χ0) is 13.2. The van der Waals surface area contributed by atoms with E-state index in [0.717, 1.165) is 45.3 Å². The smallest absolute Gasteiger partial charge is 0.224 e. The van der Waals surface area contributed by atoms with E-state index in [-0.39, 0.29) is 0 Å². The number of carbonyl (C=O) groups is 1. The average molecular weight is 254 g/mol. The standard InChI is InChI=1S/C15H30N2O/c1-3-5-11-17(12-6-4-2)15(18)13-14-9-7-8-10-16-14/h14,16H,3-13H2,1-2H3. The van der Waals surface area contributed by atoms with E-state index in [1.165, 1.54) is 19.3 Å². The molecule has 1 aliphatic heterocycles. The lowest BCUT2D eigenvalue weighted by Crippen LogP contribution is -2.41. The minimum Gasteiger partial charge on any atom is -0.343 e. The van der Waals surface area contributed by atoms with Gasteiger partial charge in [0.1, 0.15) is 0 Å². The van der Waals surface area contributed by atoms with Crippen molar-refractivity contribution in [3.05, 3.63) is 0 Å². The number of nitrogens with one attached hydrogen (secondary N) is 1. The molecule has 0 bridgehead atoms. The number of amides is 1. The summed E-state index contributed by atoms with van der Waals surface area (Å²) in [7, 11) is 0. The summed E-state index contributed by atoms with van der Waals surface area (Å²) in [6, 6.07) is 0.428. The lowest BCUT2D eigenvalue weighted by Gasteiger charge is -2.27. The lowest BCUT2D eigenvalue weighted by molar-refractivity contribution is -0.132. The van der Waals surface area contributed by atoms with Crippen LogP contribution in [0, 0.1) is 0 Å². The van der Waals surface area contributed by atoms with Gasteiger partial charge >= 0.3 is 0 Å². The Balaban J connectivity index is 2.35. The molecule has 0 saturated carbocycles. The Morgan fingerprint density at radius 3 is 2.33 bits per heavy atom. The van der Waals surface area contributed by atoms with Gasteiger partial charge in [0.15, 0.2) is 0 Å². The Hall–Kier alpha value is -0.570. The Bertz CT molecular complexity index is 217. The minimum absolute atomic E-state index is 0.358. The number of hydrogen-bond acceptors (Lipinski definition) is 2. The maximum absolute atomic E-state index is 12.3. The first kappa shape index (κ1) is 15.5. The Labute approximate surface area is 112 Å². The summed E-state index contributed by atoms with van der Waals surface area (Å²) in [6.07, 6.45) is 9.00. The molecule has 0 spiro atoms. The van der Waals surface area contributed by atoms with Gasteiger partial charge in [0, 0.05) is 25.6 Å². The van der Waals surface area contributed by atoms with Gasteiger partial charge < -0.3 is 10.2 Å². The molecule has 1 heterocycles. The van der Waals surface area contributed by atoms with Gasteiger partial charge in [-0.2, -0.15) is 0 Å². The molecule has 1 aliphatic rings. The van der Waals surface area contributed by atoms with Crippen LogP contribution in [0.3, 0.4) is 0 Å². The van der Waals surface area contributed by atoms with E-state index in [1.807, 2.05) is 0 Å². The Kier molecular flexibility index (Phi) is 8.06. The van der Waals surface area contributed by atoms with Crippen LogP contribution in [-0.4, -0.2) is 36.5 Å². The lowest BCUT2D eigenvalue weighted by atomic mass is 10.0. The van der Waals surface area contributed by atoms with Crippen molar-refractivity contribution in [3.63, 3.8) is 0 Å². The van der Waals surface area contributed by atoms with Gasteiger partial charge in [-0.25, -0.2) is 0 Å². The van der Waals surface area contributed by atoms with Crippen LogP contribution in [0.2, 0.25) is 0 Å². The van der Waals surface area contributed by atoms with E-state index >= 15 is 0 Å². The largest absolute Gasteiger partial charge is 0.343 e. The fourth-order valence-electron chi connectivity index (χ4n) is 2.50. The number of hydrogen-bond donors (Lipinski definition) is 1. The van der Waals surface area contributed by atoms with E-state index in [0.29, 0.717) is 18.4 Å². The molecule has 1 fully saturated rings. The topological polar surface area (TPSA) is 32.3 Å². The van der Waals surface area contributed by atoms with Crippen molar-refractivity contribution < 1.29 is 4.79 Å². The van der Waals surface area contributed by atoms with Crippen molar-refractivity contribution in [1.82, 2.24) is 10.2 Å². The second-order valence-corrected chi connectivity index (χ2v) is 5.44. The van der Waals surface area contributed by atoms with Gasteiger partial charge in [0.05, 0.1) is 0 Å². The van der Waals surface area contributed by atoms with Crippen LogP contribution in [-0.2, 0) is 4.79 Å². The van der Waals surface area contributed by atoms with Crippen molar-refractivity contribution in [2.45, 2.75) is 71.3 Å². The van der Waals surface area contributed by atoms with Gasteiger partial charge in [-0.05, 0) is 32.2 Å². The molecule has 1 amide bonds. The number of piperidine rings is 1. The van der Waals surface area contributed by atoms with E-state index in [2.05, 4.69) is 24.1 Å². The van der Waals surface area contributed by atoms with Gasteiger partial charge in [-0.3, -0.25) is 4.79 Å². The summed E-state index contributed by atoms with van der Waals surface area (Å²) in [6.45, 7) is 7.35. The van der Waals surface area contributed by atoms with Gasteiger partial charge in [-0.15, -0.1) is 0 Å². The highest BCUT2D eigenvalue weighted by atomic mass is 16.2. The summed E-state index contributed by atoms with van der Waals surface area (Å²) >= 11 is 0. The van der Waals surface area contributed by atoms with Gasteiger partial charge in [0.2, 0.25) is 5.91 Å². The fraction of sp³-hybridized carbons (Fsp3) is 0.933. The molecule has 106 valence electrons. The molecule has 0 aromatic rings. The van der Waals surface area contributed by atoms with E-state index < -0.39 is 0 Å². The van der Waals surface area contributed by atoms with Crippen molar-refractivity contribution in [2.24, 2.45) is 0 Å². The first-order valence-electron chi connectivity index (χ1n) is 7.79. The van der Waals surface area contributed by atoms with Crippen LogP contribution < -0.4 is 5.32 Å². The average Bonchev–Trinajstić information content (AvgIpc) is 2.40. The molecule has 1 atom stereocenters. The van der Waals surface area contributed by atoms with Crippen LogP contribution in [0.4, 0.5) is 0 Å². The third kappa shape index (κ3) is 5.85. The zero-order valence-electron chi connectivity index (χ0n) is 12.2. The van der Waals surface area contributed by atoms with Crippen LogP contribution in [0.1, 0.15) is 65.2 Å². The van der Waals surface area contributed by atoms with Crippen molar-refractivity contribution in [2.75, 3.05) is 19.6 Å². The predicted octanol–water partition coefficient (Wildman–Crippen LogP) is 2.95. The van der Waals surface area contributed by atoms with Crippen molar-refractivity contribution in [3.8, 4) is 0 Å². The highest BCUT2D eigenvalue weighted by Gasteiger charge is 2.19. The minimum atomic E-state index is 0.358. The van der Waals surface area contributed by atoms with E-state index in [1.54, 1.807) is 0 Å². The Morgan fingerprint density at radius 1 is 1.17 bits per heavy atom. The third-order valence-corrected chi connectivity index (χ3v) is 3.75. The number of carbonyl (C=O) groups excluding carboxylic acids is 1. The third-order valence-electron chi connectivity index (χ3n) is 3.75. The molecule has 0 radical (unpaired) electrons. The van der Waals surface area contributed by atoms with Crippen LogP contribution in [0.15, 0.2) is 0 Å². The molecule has 0 aliphatic carbocycles. The summed E-state index contributed by atoms with van der Waals surface area (Å²) in [5.41, 5.74) is 0. The monoisotopic (exact) mass is 254 g/mol. The molecule has 3 nitrogen and oxygen atoms in total. The second kappa shape index (κ2) is 9.37. The molecular formula is C15H30N2O. The van der Waals surface area contributed by atoms with Gasteiger partial charge in [0.25, 0.3) is 0 Å². The maximum Gasteiger partial charge on any atom is 0.224 e. The van der Waals surface area contributed by atoms with Crippen molar-refractivity contribution >= 4 is 5.91 Å². The first-order chi connectivity index (χ1) is 8.77. The summed E-state index contributed by atoms with van der Waals surface area (Å²) in [4.78, 5) is 14.4. The van der Waals surface area contributed by atoms with E-state index in [9.17, 15) is 4.79 Å². The highest BCUT2D eigenvalue weighted by molar-refractivity contribution is 5.76. The maximum atomic E-state index is 12.3. The molecule has 18 heavy (non-hydrogen) atoms. The molecule has 1 unspecified atom stereocenters. The van der Waals surface area contributed by atoms with Crippen LogP contribution in [0.25, 0.3) is 0 Å². The zero-order valence-corrected chi connectivity index (χ0v) is 12.2. The fourth-order valence-corrected chi connectivity index (χ4v) is 2.50. The SMILES string of the molecule is CCCCN(CCCC)C(=O)CC1CCCCN1. The number of unbranched alkanes of at least 4 members (excludes halogenated alkanes) is 2. The number of rotatable bonds is 8. The Morgan fingerprint density at radius 2 is 1.83 bits per heavy atom.